The molecule has 3 nitrogen and oxygen atoms in total. The fraction of sp³-hybridized carbons (Fsp3) is 0.250. The number of amides is 1. The molecule has 1 fully saturated rings. The van der Waals surface area contributed by atoms with Gasteiger partial charge < -0.3 is 4.74 Å². The van der Waals surface area contributed by atoms with Crippen LogP contribution in [0.2, 0.25) is 0 Å². The van der Waals surface area contributed by atoms with Crippen LogP contribution in [0, 0.1) is 26.6 Å². The molecule has 0 saturated carbocycles. The maximum atomic E-state index is 13.9. The minimum atomic E-state index is -0.348. The Morgan fingerprint density at radius 3 is 2.46 bits per heavy atom. The highest BCUT2D eigenvalue weighted by atomic mass is 19.1. The number of halogens is 1. The van der Waals surface area contributed by atoms with Crippen LogP contribution in [0.25, 0.3) is 0 Å². The standard InChI is InChI=1S/C20H20FNO2/c1-11-6-7-15(9-17(11)21)19-14(4)20(23)22(19)16-8-12(2)13(3)18(10-16)24-5/h6-10,19H,4H2,1-3,5H3/t19-/m1/s1. The van der Waals surface area contributed by atoms with Crippen LogP contribution in [0.4, 0.5) is 10.1 Å². The summed E-state index contributed by atoms with van der Waals surface area (Å²) in [4.78, 5) is 14.0. The number of β-lactam (4-membered cyclic amide) rings is 1. The lowest BCUT2D eigenvalue weighted by Crippen LogP contribution is -2.49. The first kappa shape index (κ1) is 16.2. The van der Waals surface area contributed by atoms with Gasteiger partial charge in [0.15, 0.2) is 0 Å². The van der Waals surface area contributed by atoms with E-state index in [0.29, 0.717) is 11.1 Å². The summed E-state index contributed by atoms with van der Waals surface area (Å²) < 4.78 is 19.3. The van der Waals surface area contributed by atoms with Gasteiger partial charge in [0.25, 0.3) is 5.91 Å². The van der Waals surface area contributed by atoms with Gasteiger partial charge in [0.05, 0.1) is 13.2 Å². The second-order valence-corrected chi connectivity index (χ2v) is 6.20. The molecule has 1 saturated heterocycles. The quantitative estimate of drug-likeness (QED) is 0.618. The van der Waals surface area contributed by atoms with E-state index in [1.165, 1.54) is 6.07 Å². The van der Waals surface area contributed by atoms with Crippen molar-refractivity contribution in [3.63, 3.8) is 0 Å². The van der Waals surface area contributed by atoms with Gasteiger partial charge in [0.2, 0.25) is 0 Å². The van der Waals surface area contributed by atoms with Gasteiger partial charge in [-0.3, -0.25) is 9.69 Å². The number of hydrogen-bond donors (Lipinski definition) is 0. The van der Waals surface area contributed by atoms with E-state index in [4.69, 9.17) is 4.74 Å². The number of carbonyl (C=O) groups excluding carboxylic acids is 1. The average Bonchev–Trinajstić information content (AvgIpc) is 2.57. The molecule has 1 atom stereocenters. The Balaban J connectivity index is 2.06. The first-order valence-electron chi connectivity index (χ1n) is 7.78. The molecule has 0 bridgehead atoms. The van der Waals surface area contributed by atoms with E-state index >= 15 is 0 Å². The van der Waals surface area contributed by atoms with Crippen LogP contribution in [0.5, 0.6) is 5.75 Å². The minimum Gasteiger partial charge on any atom is -0.496 e. The minimum absolute atomic E-state index is 0.147. The van der Waals surface area contributed by atoms with Gasteiger partial charge in [0.1, 0.15) is 11.6 Å². The maximum Gasteiger partial charge on any atom is 0.256 e. The van der Waals surface area contributed by atoms with Crippen molar-refractivity contribution >= 4 is 11.6 Å². The van der Waals surface area contributed by atoms with Crippen LogP contribution in [0.15, 0.2) is 42.5 Å². The van der Waals surface area contributed by atoms with Crippen LogP contribution >= 0.6 is 0 Å². The summed E-state index contributed by atoms with van der Waals surface area (Å²) in [6.45, 7) is 9.53. The number of benzene rings is 2. The van der Waals surface area contributed by atoms with Crippen LogP contribution in [0.1, 0.15) is 28.3 Å². The molecule has 124 valence electrons. The third-order valence-electron chi connectivity index (χ3n) is 4.70. The number of rotatable bonds is 3. The number of carbonyl (C=O) groups is 1. The molecular weight excluding hydrogens is 305 g/mol. The molecule has 1 aliphatic rings. The van der Waals surface area contributed by atoms with E-state index in [2.05, 4.69) is 6.58 Å². The van der Waals surface area contributed by atoms with E-state index in [-0.39, 0.29) is 17.8 Å². The van der Waals surface area contributed by atoms with Crippen molar-refractivity contribution in [3.8, 4) is 5.75 Å². The zero-order valence-electron chi connectivity index (χ0n) is 14.3. The lowest BCUT2D eigenvalue weighted by atomic mass is 9.87. The van der Waals surface area contributed by atoms with E-state index in [1.54, 1.807) is 25.0 Å². The SMILES string of the molecule is C=C1C(=O)N(c2cc(C)c(C)c(OC)c2)[C@H]1c1ccc(C)c(F)c1. The number of methoxy groups -OCH3 is 1. The highest BCUT2D eigenvalue weighted by molar-refractivity contribution is 6.15. The summed E-state index contributed by atoms with van der Waals surface area (Å²) in [7, 11) is 1.61. The molecular formula is C20H20FNO2. The predicted octanol–water partition coefficient (Wildman–Crippen LogP) is 4.40. The number of ether oxygens (including phenoxy) is 1. The second-order valence-electron chi connectivity index (χ2n) is 6.20. The molecule has 24 heavy (non-hydrogen) atoms. The zero-order valence-corrected chi connectivity index (χ0v) is 14.3. The number of nitrogens with zero attached hydrogens (tertiary/aromatic N) is 1. The number of anilines is 1. The van der Waals surface area contributed by atoms with Crippen molar-refractivity contribution < 1.29 is 13.9 Å². The van der Waals surface area contributed by atoms with E-state index in [1.807, 2.05) is 32.0 Å². The van der Waals surface area contributed by atoms with Crippen molar-refractivity contribution in [2.45, 2.75) is 26.8 Å². The molecule has 2 aromatic carbocycles. The van der Waals surface area contributed by atoms with Crippen molar-refractivity contribution in [2.75, 3.05) is 12.0 Å². The summed E-state index contributed by atoms with van der Waals surface area (Å²) in [6.07, 6.45) is 0. The zero-order chi connectivity index (χ0) is 17.6. The smallest absolute Gasteiger partial charge is 0.256 e. The van der Waals surface area contributed by atoms with Crippen LogP contribution in [-0.2, 0) is 4.79 Å². The van der Waals surface area contributed by atoms with Gasteiger partial charge in [-0.25, -0.2) is 4.39 Å². The van der Waals surface area contributed by atoms with Gasteiger partial charge in [-0.1, -0.05) is 18.7 Å². The number of hydrogen-bond acceptors (Lipinski definition) is 2. The highest BCUT2D eigenvalue weighted by Crippen LogP contribution is 2.44. The molecule has 1 heterocycles. The molecule has 0 spiro atoms. The van der Waals surface area contributed by atoms with Crippen LogP contribution in [-0.4, -0.2) is 13.0 Å². The molecule has 0 unspecified atom stereocenters. The Morgan fingerprint density at radius 2 is 1.83 bits per heavy atom. The summed E-state index contributed by atoms with van der Waals surface area (Å²) in [5.41, 5.74) is 4.57. The Morgan fingerprint density at radius 1 is 1.12 bits per heavy atom. The molecule has 0 aliphatic carbocycles. The molecule has 0 radical (unpaired) electrons. The first-order chi connectivity index (χ1) is 11.3. The van der Waals surface area contributed by atoms with Gasteiger partial charge in [0, 0.05) is 17.3 Å². The van der Waals surface area contributed by atoms with Gasteiger partial charge in [-0.05, 0) is 55.2 Å². The van der Waals surface area contributed by atoms with Gasteiger partial charge in [-0.15, -0.1) is 0 Å². The van der Waals surface area contributed by atoms with E-state index < -0.39 is 0 Å². The summed E-state index contributed by atoms with van der Waals surface area (Å²) in [6, 6.07) is 8.47. The second kappa shape index (κ2) is 5.78. The molecule has 0 aromatic heterocycles. The Hall–Kier alpha value is -2.62. The Bertz CT molecular complexity index is 857. The van der Waals surface area contributed by atoms with Crippen molar-refractivity contribution in [1.82, 2.24) is 0 Å². The number of aryl methyl sites for hydroxylation is 2. The first-order valence-corrected chi connectivity index (χ1v) is 7.78. The third kappa shape index (κ3) is 2.39. The average molecular weight is 325 g/mol. The van der Waals surface area contributed by atoms with Crippen LogP contribution in [0.3, 0.4) is 0 Å². The fourth-order valence-corrected chi connectivity index (χ4v) is 3.03. The molecule has 0 N–H and O–H groups in total. The normalized spacial score (nSPS) is 17.0. The van der Waals surface area contributed by atoms with Crippen molar-refractivity contribution in [2.24, 2.45) is 0 Å². The van der Waals surface area contributed by atoms with Crippen molar-refractivity contribution in [3.05, 3.63) is 70.6 Å². The van der Waals surface area contributed by atoms with Crippen molar-refractivity contribution in [1.29, 1.82) is 0 Å². The summed E-state index contributed by atoms with van der Waals surface area (Å²) in [5, 5.41) is 0. The molecule has 3 rings (SSSR count). The van der Waals surface area contributed by atoms with Gasteiger partial charge >= 0.3 is 0 Å². The third-order valence-corrected chi connectivity index (χ3v) is 4.70. The summed E-state index contributed by atoms with van der Waals surface area (Å²) in [5.74, 6) is 0.299. The molecule has 4 heteroatoms. The highest BCUT2D eigenvalue weighted by Gasteiger charge is 2.43. The van der Waals surface area contributed by atoms with E-state index in [9.17, 15) is 9.18 Å². The monoisotopic (exact) mass is 325 g/mol. The predicted molar refractivity (Wildman–Crippen MR) is 93.0 cm³/mol. The molecule has 1 amide bonds. The Kier molecular flexibility index (Phi) is 3.91. The van der Waals surface area contributed by atoms with E-state index in [0.717, 1.165) is 28.1 Å². The van der Waals surface area contributed by atoms with Gasteiger partial charge in [-0.2, -0.15) is 0 Å². The topological polar surface area (TPSA) is 29.5 Å². The summed E-state index contributed by atoms with van der Waals surface area (Å²) >= 11 is 0. The Labute approximate surface area is 141 Å². The fourth-order valence-electron chi connectivity index (χ4n) is 3.03. The maximum absolute atomic E-state index is 13.9. The van der Waals surface area contributed by atoms with Crippen LogP contribution < -0.4 is 9.64 Å². The molecule has 1 aliphatic heterocycles. The lowest BCUT2D eigenvalue weighted by molar-refractivity contribution is -0.118. The lowest BCUT2D eigenvalue weighted by Gasteiger charge is -2.43. The largest absolute Gasteiger partial charge is 0.496 e. The molecule has 2 aromatic rings.